The van der Waals surface area contributed by atoms with Gasteiger partial charge >= 0.3 is 6.09 Å². The number of phenolic OH excluding ortho intramolecular Hbond substituents is 1. The molecule has 2 fully saturated rings. The first kappa shape index (κ1) is 23.3. The van der Waals surface area contributed by atoms with Gasteiger partial charge in [-0.05, 0) is 61.9 Å². The number of nitrogens with one attached hydrogen (secondary N) is 1. The zero-order chi connectivity index (χ0) is 24.2. The summed E-state index contributed by atoms with van der Waals surface area (Å²) >= 11 is 0. The molecule has 8 nitrogen and oxygen atoms in total. The third-order valence-electron chi connectivity index (χ3n) is 6.58. The Morgan fingerprint density at radius 3 is 2.91 bits per heavy atom. The number of amides is 1. The molecule has 0 saturated carbocycles. The van der Waals surface area contributed by atoms with Crippen molar-refractivity contribution in [3.05, 3.63) is 48.3 Å². The number of hydrogen-bond donors (Lipinski definition) is 2. The summed E-state index contributed by atoms with van der Waals surface area (Å²) in [7, 11) is 0. The summed E-state index contributed by atoms with van der Waals surface area (Å²) in [6.45, 7) is 2.83. The number of alkyl carbamates (subject to hydrolysis) is 1. The van der Waals surface area contributed by atoms with E-state index in [1.807, 2.05) is 6.07 Å². The van der Waals surface area contributed by atoms with E-state index in [4.69, 9.17) is 14.5 Å². The van der Waals surface area contributed by atoms with Crippen molar-refractivity contribution in [3.8, 4) is 17.1 Å². The smallest absolute Gasteiger partial charge is 0.407 e. The van der Waals surface area contributed by atoms with Crippen LogP contribution >= 0.6 is 0 Å². The summed E-state index contributed by atoms with van der Waals surface area (Å²) in [6, 6.07) is 11.3. The number of carbonyl (C=O) groups excluding carboxylic acids is 1. The molecule has 1 amide bonds. The molecule has 0 radical (unpaired) electrons. The molecule has 2 atom stereocenters. The van der Waals surface area contributed by atoms with Gasteiger partial charge in [0.15, 0.2) is 5.82 Å². The summed E-state index contributed by atoms with van der Waals surface area (Å²) in [6.07, 6.45) is 3.47. The van der Waals surface area contributed by atoms with Gasteiger partial charge in [-0.3, -0.25) is 0 Å². The zero-order valence-corrected chi connectivity index (χ0v) is 19.5. The average Bonchev–Trinajstić information content (AvgIpc) is 3.35. The molecule has 2 saturated heterocycles. The van der Waals surface area contributed by atoms with Crippen molar-refractivity contribution < 1.29 is 23.8 Å². The van der Waals surface area contributed by atoms with Gasteiger partial charge in [-0.1, -0.05) is 12.1 Å². The maximum atomic E-state index is 14.1. The summed E-state index contributed by atoms with van der Waals surface area (Å²) < 4.78 is 25.0. The van der Waals surface area contributed by atoms with E-state index in [9.17, 15) is 14.3 Å². The number of rotatable bonds is 6. The lowest BCUT2D eigenvalue weighted by Crippen LogP contribution is -2.34. The van der Waals surface area contributed by atoms with Crippen LogP contribution in [-0.2, 0) is 9.47 Å². The molecule has 0 spiro atoms. The molecule has 184 valence electrons. The summed E-state index contributed by atoms with van der Waals surface area (Å²) in [5.41, 5.74) is 1.12. The first-order valence-electron chi connectivity index (χ1n) is 12.1. The first-order valence-corrected chi connectivity index (χ1v) is 12.1. The normalized spacial score (nSPS) is 20.2. The van der Waals surface area contributed by atoms with Crippen molar-refractivity contribution in [1.82, 2.24) is 15.3 Å². The van der Waals surface area contributed by atoms with Crippen LogP contribution in [0.4, 0.5) is 15.0 Å². The second-order valence-electron chi connectivity index (χ2n) is 9.12. The zero-order valence-electron chi connectivity index (χ0n) is 19.5. The van der Waals surface area contributed by atoms with E-state index >= 15 is 0 Å². The van der Waals surface area contributed by atoms with Crippen LogP contribution in [0.3, 0.4) is 0 Å². The van der Waals surface area contributed by atoms with Crippen LogP contribution in [0.1, 0.15) is 25.7 Å². The number of ether oxygens (including phenoxy) is 2. The molecular weight excluding hydrogens is 451 g/mol. The van der Waals surface area contributed by atoms with Crippen molar-refractivity contribution in [2.45, 2.75) is 31.8 Å². The molecule has 2 unspecified atom stereocenters. The molecule has 0 aliphatic carbocycles. The Morgan fingerprint density at radius 1 is 1.20 bits per heavy atom. The van der Waals surface area contributed by atoms with Gasteiger partial charge in [0.25, 0.3) is 0 Å². The van der Waals surface area contributed by atoms with Crippen LogP contribution < -0.4 is 10.2 Å². The standard InChI is InChI=1S/C26H29FN4O4/c27-18-8-9-22-21(13-18)25(30-24(29-22)20-6-1-2-7-23(20)32)31-11-10-17(15-31)14-28-26(33)35-16-19-5-3-4-12-34-19/h1-2,6-9,13,17,19,32H,3-5,10-12,14-16H2,(H,28,33). The number of halogens is 1. The van der Waals surface area contributed by atoms with Crippen LogP contribution in [0.15, 0.2) is 42.5 Å². The molecule has 3 aromatic rings. The second-order valence-corrected chi connectivity index (χ2v) is 9.12. The fourth-order valence-electron chi connectivity index (χ4n) is 4.69. The SMILES string of the molecule is O=C(NCC1CCN(c2nc(-c3ccccc3O)nc3ccc(F)cc23)C1)OCC1CCCCO1. The van der Waals surface area contributed by atoms with E-state index < -0.39 is 6.09 Å². The maximum Gasteiger partial charge on any atom is 0.407 e. The minimum Gasteiger partial charge on any atom is -0.507 e. The molecule has 9 heteroatoms. The lowest BCUT2D eigenvalue weighted by atomic mass is 10.1. The predicted octanol–water partition coefficient (Wildman–Crippen LogP) is 4.26. The lowest BCUT2D eigenvalue weighted by molar-refractivity contribution is -0.0224. The number of benzene rings is 2. The minimum absolute atomic E-state index is 0.0128. The first-order chi connectivity index (χ1) is 17.1. The molecule has 1 aromatic heterocycles. The summed E-state index contributed by atoms with van der Waals surface area (Å²) in [5.74, 6) is 0.917. The van der Waals surface area contributed by atoms with Crippen LogP contribution in [0, 0.1) is 11.7 Å². The van der Waals surface area contributed by atoms with E-state index in [1.165, 1.54) is 12.1 Å². The highest BCUT2D eigenvalue weighted by atomic mass is 19.1. The number of anilines is 1. The second kappa shape index (κ2) is 10.4. The van der Waals surface area contributed by atoms with E-state index in [0.29, 0.717) is 47.7 Å². The fourth-order valence-corrected chi connectivity index (χ4v) is 4.69. The number of phenols is 1. The monoisotopic (exact) mass is 480 g/mol. The topological polar surface area (TPSA) is 96.8 Å². The molecule has 2 N–H and O–H groups in total. The number of nitrogens with zero attached hydrogens (tertiary/aromatic N) is 3. The van der Waals surface area contributed by atoms with Crippen molar-refractivity contribution >= 4 is 22.8 Å². The number of fused-ring (bicyclic) bond motifs is 1. The third-order valence-corrected chi connectivity index (χ3v) is 6.58. The molecule has 2 aliphatic heterocycles. The van der Waals surface area contributed by atoms with Gasteiger partial charge in [-0.25, -0.2) is 19.2 Å². The Labute approximate surface area is 203 Å². The van der Waals surface area contributed by atoms with Gasteiger partial charge in [0, 0.05) is 31.6 Å². The van der Waals surface area contributed by atoms with Gasteiger partial charge in [-0.2, -0.15) is 0 Å². The quantitative estimate of drug-likeness (QED) is 0.544. The molecule has 35 heavy (non-hydrogen) atoms. The highest BCUT2D eigenvalue weighted by Gasteiger charge is 2.27. The molecule has 0 bridgehead atoms. The van der Waals surface area contributed by atoms with Crippen molar-refractivity contribution in [3.63, 3.8) is 0 Å². The summed E-state index contributed by atoms with van der Waals surface area (Å²) in [5, 5.41) is 13.8. The molecular formula is C26H29FN4O4. The van der Waals surface area contributed by atoms with Gasteiger partial charge in [0.1, 0.15) is 24.0 Å². The van der Waals surface area contributed by atoms with Crippen molar-refractivity contribution in [2.75, 3.05) is 37.7 Å². The number of carbonyl (C=O) groups is 1. The Balaban J connectivity index is 1.27. The van der Waals surface area contributed by atoms with Crippen molar-refractivity contribution in [1.29, 1.82) is 0 Å². The number of aromatic nitrogens is 2. The minimum atomic E-state index is -0.436. The number of aromatic hydroxyl groups is 1. The molecule has 2 aliphatic rings. The van der Waals surface area contributed by atoms with E-state index in [-0.39, 0.29) is 30.2 Å². The van der Waals surface area contributed by atoms with E-state index in [2.05, 4.69) is 15.2 Å². The number of hydrogen-bond acceptors (Lipinski definition) is 7. The highest BCUT2D eigenvalue weighted by Crippen LogP contribution is 2.33. The van der Waals surface area contributed by atoms with Gasteiger partial charge in [0.05, 0.1) is 17.2 Å². The highest BCUT2D eigenvalue weighted by molar-refractivity contribution is 5.91. The van der Waals surface area contributed by atoms with E-state index in [1.54, 1.807) is 24.3 Å². The van der Waals surface area contributed by atoms with Crippen LogP contribution in [-0.4, -0.2) is 60.1 Å². The van der Waals surface area contributed by atoms with E-state index in [0.717, 1.165) is 32.3 Å². The average molecular weight is 481 g/mol. The third kappa shape index (κ3) is 5.45. The van der Waals surface area contributed by atoms with Gasteiger partial charge in [0.2, 0.25) is 0 Å². The Hall–Kier alpha value is -3.46. The Bertz CT molecular complexity index is 1200. The molecule has 3 heterocycles. The lowest BCUT2D eigenvalue weighted by Gasteiger charge is -2.22. The Kier molecular flexibility index (Phi) is 6.94. The van der Waals surface area contributed by atoms with Gasteiger partial charge in [-0.15, -0.1) is 0 Å². The molecule has 5 rings (SSSR count). The van der Waals surface area contributed by atoms with Crippen LogP contribution in [0.2, 0.25) is 0 Å². The Morgan fingerprint density at radius 2 is 2.09 bits per heavy atom. The fraction of sp³-hybridized carbons (Fsp3) is 0.423. The largest absolute Gasteiger partial charge is 0.507 e. The van der Waals surface area contributed by atoms with Crippen LogP contribution in [0.5, 0.6) is 5.75 Å². The maximum absolute atomic E-state index is 14.1. The number of para-hydroxylation sites is 1. The van der Waals surface area contributed by atoms with Gasteiger partial charge < -0.3 is 24.8 Å². The molecule has 2 aromatic carbocycles. The predicted molar refractivity (Wildman–Crippen MR) is 130 cm³/mol. The van der Waals surface area contributed by atoms with Crippen LogP contribution in [0.25, 0.3) is 22.3 Å². The van der Waals surface area contributed by atoms with Crippen molar-refractivity contribution in [2.24, 2.45) is 5.92 Å². The summed E-state index contributed by atoms with van der Waals surface area (Å²) in [4.78, 5) is 23.5.